The van der Waals surface area contributed by atoms with Crippen LogP contribution >= 0.6 is 23.4 Å². The molecule has 150 valence electrons. The quantitative estimate of drug-likeness (QED) is 0.525. The highest BCUT2D eigenvalue weighted by Gasteiger charge is 2.24. The number of carboxylic acid groups (broad SMARTS) is 1. The van der Waals surface area contributed by atoms with Crippen molar-refractivity contribution in [2.24, 2.45) is 4.99 Å². The molecule has 0 atom stereocenters. The van der Waals surface area contributed by atoms with Gasteiger partial charge in [-0.1, -0.05) is 29.3 Å². The summed E-state index contributed by atoms with van der Waals surface area (Å²) in [5.41, 5.74) is 2.45. The highest BCUT2D eigenvalue weighted by atomic mass is 35.5. The first kappa shape index (κ1) is 20.0. The molecule has 1 aliphatic heterocycles. The highest BCUT2D eigenvalue weighted by Crippen LogP contribution is 2.31. The van der Waals surface area contributed by atoms with E-state index in [1.54, 1.807) is 24.3 Å². The second-order valence-corrected chi connectivity index (χ2v) is 7.96. The molecule has 2 heterocycles. The topological polar surface area (TPSA) is 91.9 Å². The zero-order valence-electron chi connectivity index (χ0n) is 15.7. The number of rotatable bonds is 4. The molecule has 8 heteroatoms. The summed E-state index contributed by atoms with van der Waals surface area (Å²) in [6, 6.07) is 15.7. The number of hydrogen-bond donors (Lipinski definition) is 2. The van der Waals surface area contributed by atoms with E-state index in [4.69, 9.17) is 16.0 Å². The fourth-order valence-corrected chi connectivity index (χ4v) is 3.79. The Bertz CT molecular complexity index is 1210. The van der Waals surface area contributed by atoms with Gasteiger partial charge in [0.2, 0.25) is 0 Å². The fraction of sp³-hybridized carbons (Fsp3) is 0.0455. The zero-order valence-corrected chi connectivity index (χ0v) is 17.3. The predicted molar refractivity (Wildman–Crippen MR) is 118 cm³/mol. The van der Waals surface area contributed by atoms with Gasteiger partial charge in [-0.15, -0.1) is 0 Å². The lowest BCUT2D eigenvalue weighted by molar-refractivity contribution is -0.115. The molecule has 0 bridgehead atoms. The van der Waals surface area contributed by atoms with Gasteiger partial charge < -0.3 is 14.8 Å². The van der Waals surface area contributed by atoms with Crippen LogP contribution in [0.3, 0.4) is 0 Å². The Hall–Kier alpha value is -3.29. The van der Waals surface area contributed by atoms with Crippen molar-refractivity contribution < 1.29 is 19.1 Å². The van der Waals surface area contributed by atoms with Gasteiger partial charge in [-0.3, -0.25) is 4.79 Å². The number of aromatic carboxylic acids is 1. The van der Waals surface area contributed by atoms with Crippen LogP contribution in [0.25, 0.3) is 17.4 Å². The molecule has 0 saturated carbocycles. The SMILES string of the molecule is Cc1ccc(N=C2NC(=O)/C(=C/c3ccc(-c4ccc(Cl)c(C(=O)O)c4)o3)S2)cc1. The Labute approximate surface area is 181 Å². The number of amidine groups is 1. The van der Waals surface area contributed by atoms with Crippen LogP contribution in [0, 0.1) is 6.92 Å². The van der Waals surface area contributed by atoms with Crippen LogP contribution in [0.5, 0.6) is 0 Å². The van der Waals surface area contributed by atoms with Crippen LogP contribution in [0.15, 0.2) is 68.9 Å². The van der Waals surface area contributed by atoms with E-state index in [1.807, 2.05) is 31.2 Å². The van der Waals surface area contributed by atoms with E-state index >= 15 is 0 Å². The summed E-state index contributed by atoms with van der Waals surface area (Å²) in [4.78, 5) is 28.4. The number of halogens is 1. The minimum absolute atomic E-state index is 0.00634. The third-order valence-corrected chi connectivity index (χ3v) is 5.54. The van der Waals surface area contributed by atoms with Gasteiger partial charge in [0.05, 0.1) is 21.2 Å². The standard InChI is InChI=1S/C22H15ClN2O4S/c1-12-2-5-14(6-3-12)24-22-25-20(26)19(30-22)11-15-7-9-18(29-15)13-4-8-17(23)16(10-13)21(27)28/h2-11H,1H3,(H,27,28)(H,24,25,26)/b19-11-. The summed E-state index contributed by atoms with van der Waals surface area (Å²) in [5, 5.41) is 12.6. The van der Waals surface area contributed by atoms with Crippen molar-refractivity contribution >= 4 is 52.2 Å². The number of nitrogens with one attached hydrogen (secondary N) is 1. The van der Waals surface area contributed by atoms with Gasteiger partial charge in [-0.2, -0.15) is 0 Å². The third kappa shape index (κ3) is 4.32. The molecule has 1 amide bonds. The molecular weight excluding hydrogens is 424 g/mol. The molecule has 1 fully saturated rings. The number of carboxylic acids is 1. The van der Waals surface area contributed by atoms with E-state index in [-0.39, 0.29) is 16.5 Å². The molecule has 30 heavy (non-hydrogen) atoms. The van der Waals surface area contributed by atoms with Crippen molar-refractivity contribution in [3.63, 3.8) is 0 Å². The number of carbonyl (C=O) groups excluding carboxylic acids is 1. The number of aliphatic imine (C=N–C) groups is 1. The van der Waals surface area contributed by atoms with Gasteiger partial charge in [0.15, 0.2) is 5.17 Å². The molecule has 0 unspecified atom stereocenters. The van der Waals surface area contributed by atoms with E-state index in [2.05, 4.69) is 10.3 Å². The molecular formula is C22H15ClN2O4S. The Morgan fingerprint density at radius 2 is 1.93 bits per heavy atom. The van der Waals surface area contributed by atoms with Crippen LogP contribution in [0.2, 0.25) is 5.02 Å². The lowest BCUT2D eigenvalue weighted by Gasteiger charge is -2.02. The molecule has 0 spiro atoms. The van der Waals surface area contributed by atoms with Crippen molar-refractivity contribution in [3.05, 3.63) is 81.4 Å². The summed E-state index contributed by atoms with van der Waals surface area (Å²) in [6.45, 7) is 1.99. The van der Waals surface area contributed by atoms with E-state index in [1.165, 1.54) is 23.9 Å². The first-order valence-corrected chi connectivity index (χ1v) is 10.1. The number of furan rings is 1. The summed E-state index contributed by atoms with van der Waals surface area (Å²) in [6.07, 6.45) is 1.62. The summed E-state index contributed by atoms with van der Waals surface area (Å²) >= 11 is 7.13. The largest absolute Gasteiger partial charge is 0.478 e. The van der Waals surface area contributed by atoms with Gasteiger partial charge >= 0.3 is 5.97 Å². The average Bonchev–Trinajstić information content (AvgIpc) is 3.31. The minimum Gasteiger partial charge on any atom is -0.478 e. The molecule has 2 aromatic carbocycles. The Morgan fingerprint density at radius 3 is 2.67 bits per heavy atom. The van der Waals surface area contributed by atoms with Crippen LogP contribution in [-0.4, -0.2) is 22.2 Å². The highest BCUT2D eigenvalue weighted by molar-refractivity contribution is 8.18. The van der Waals surface area contributed by atoms with Gasteiger partial charge in [-0.05, 0) is 61.2 Å². The molecule has 1 aliphatic rings. The number of amides is 1. The normalized spacial score (nSPS) is 16.3. The first-order valence-electron chi connectivity index (χ1n) is 8.88. The number of thioether (sulfide) groups is 1. The van der Waals surface area contributed by atoms with E-state index in [9.17, 15) is 14.7 Å². The predicted octanol–water partition coefficient (Wildman–Crippen LogP) is 5.50. The molecule has 4 rings (SSSR count). The zero-order chi connectivity index (χ0) is 21.3. The van der Waals surface area contributed by atoms with Crippen LogP contribution < -0.4 is 5.32 Å². The van der Waals surface area contributed by atoms with Crippen LogP contribution in [0.4, 0.5) is 5.69 Å². The molecule has 1 aromatic heterocycles. The van der Waals surface area contributed by atoms with Gasteiger partial charge in [0, 0.05) is 11.6 Å². The molecule has 0 radical (unpaired) electrons. The number of carbonyl (C=O) groups is 2. The fourth-order valence-electron chi connectivity index (χ4n) is 2.77. The summed E-state index contributed by atoms with van der Waals surface area (Å²) in [5.74, 6) is -0.442. The number of benzene rings is 2. The second kappa shape index (κ2) is 8.22. The van der Waals surface area contributed by atoms with Crippen molar-refractivity contribution in [2.45, 2.75) is 6.92 Å². The summed E-state index contributed by atoms with van der Waals surface area (Å²) in [7, 11) is 0. The van der Waals surface area contributed by atoms with Crippen molar-refractivity contribution in [1.29, 1.82) is 0 Å². The maximum Gasteiger partial charge on any atom is 0.337 e. The average molecular weight is 439 g/mol. The van der Waals surface area contributed by atoms with Crippen molar-refractivity contribution in [2.75, 3.05) is 0 Å². The number of nitrogens with zero attached hydrogens (tertiary/aromatic N) is 1. The van der Waals surface area contributed by atoms with Crippen LogP contribution in [-0.2, 0) is 4.79 Å². The second-order valence-electron chi connectivity index (χ2n) is 6.52. The minimum atomic E-state index is -1.12. The maximum atomic E-state index is 12.3. The smallest absolute Gasteiger partial charge is 0.337 e. The van der Waals surface area contributed by atoms with Crippen molar-refractivity contribution in [3.8, 4) is 11.3 Å². The Morgan fingerprint density at radius 1 is 1.17 bits per heavy atom. The molecule has 0 aliphatic carbocycles. The van der Waals surface area contributed by atoms with E-state index in [0.717, 1.165) is 11.3 Å². The van der Waals surface area contributed by atoms with Gasteiger partial charge in [-0.25, -0.2) is 9.79 Å². The Balaban J connectivity index is 1.56. The van der Waals surface area contributed by atoms with Crippen LogP contribution in [0.1, 0.15) is 21.7 Å². The van der Waals surface area contributed by atoms with E-state index in [0.29, 0.717) is 27.2 Å². The molecule has 6 nitrogen and oxygen atoms in total. The first-order chi connectivity index (χ1) is 14.4. The maximum absolute atomic E-state index is 12.3. The molecule has 3 aromatic rings. The molecule has 2 N–H and O–H groups in total. The number of hydrogen-bond acceptors (Lipinski definition) is 5. The summed E-state index contributed by atoms with van der Waals surface area (Å²) < 4.78 is 5.78. The monoisotopic (exact) mass is 438 g/mol. The lowest BCUT2D eigenvalue weighted by atomic mass is 10.1. The lowest BCUT2D eigenvalue weighted by Crippen LogP contribution is -2.19. The third-order valence-electron chi connectivity index (χ3n) is 4.30. The van der Waals surface area contributed by atoms with E-state index < -0.39 is 5.97 Å². The van der Waals surface area contributed by atoms with Gasteiger partial charge in [0.1, 0.15) is 11.5 Å². The van der Waals surface area contributed by atoms with Crippen molar-refractivity contribution in [1.82, 2.24) is 5.32 Å². The molecule has 1 saturated heterocycles. The Kier molecular flexibility index (Phi) is 5.48. The van der Waals surface area contributed by atoms with Gasteiger partial charge in [0.25, 0.3) is 5.91 Å². The number of aryl methyl sites for hydroxylation is 1.